The lowest BCUT2D eigenvalue weighted by Gasteiger charge is -2.14. The molecule has 0 aliphatic carbocycles. The maximum Gasteiger partial charge on any atom is 0.418 e. The average molecular weight is 485 g/mol. The van der Waals surface area contributed by atoms with Crippen LogP contribution >= 0.6 is 35.4 Å². The predicted molar refractivity (Wildman–Crippen MR) is 119 cm³/mol. The van der Waals surface area contributed by atoms with Gasteiger partial charge in [-0.1, -0.05) is 41.4 Å². The Morgan fingerprint density at radius 1 is 1.03 bits per heavy atom. The molecule has 1 amide bonds. The minimum atomic E-state index is -4.56. The van der Waals surface area contributed by atoms with E-state index in [2.05, 4.69) is 10.6 Å². The maximum atomic E-state index is 13.0. The van der Waals surface area contributed by atoms with Gasteiger partial charge in [0.15, 0.2) is 5.11 Å². The highest BCUT2D eigenvalue weighted by atomic mass is 35.5. The van der Waals surface area contributed by atoms with Crippen LogP contribution in [-0.4, -0.2) is 11.0 Å². The Hall–Kier alpha value is -2.81. The van der Waals surface area contributed by atoms with Gasteiger partial charge >= 0.3 is 6.18 Å². The number of furan rings is 1. The van der Waals surface area contributed by atoms with E-state index in [0.717, 1.165) is 12.1 Å². The van der Waals surface area contributed by atoms with Gasteiger partial charge in [-0.15, -0.1) is 0 Å². The summed E-state index contributed by atoms with van der Waals surface area (Å²) in [6.07, 6.45) is -2.05. The van der Waals surface area contributed by atoms with Crippen molar-refractivity contribution in [3.63, 3.8) is 0 Å². The van der Waals surface area contributed by atoms with Crippen molar-refractivity contribution in [3.05, 3.63) is 82.0 Å². The van der Waals surface area contributed by atoms with Crippen LogP contribution < -0.4 is 10.6 Å². The number of para-hydroxylation sites is 1. The summed E-state index contributed by atoms with van der Waals surface area (Å²) in [5.74, 6) is 0.150. The van der Waals surface area contributed by atoms with E-state index in [1.807, 2.05) is 0 Å². The molecule has 160 valence electrons. The summed E-state index contributed by atoms with van der Waals surface area (Å²) in [5.41, 5.74) is -0.574. The van der Waals surface area contributed by atoms with Crippen molar-refractivity contribution in [2.75, 3.05) is 5.32 Å². The van der Waals surface area contributed by atoms with Gasteiger partial charge in [0.1, 0.15) is 11.5 Å². The lowest BCUT2D eigenvalue weighted by molar-refractivity contribution is -0.136. The molecule has 0 aliphatic rings. The Bertz CT molecular complexity index is 1160. The average Bonchev–Trinajstić information content (AvgIpc) is 3.17. The molecule has 0 saturated heterocycles. The number of hydrogen-bond acceptors (Lipinski definition) is 3. The third kappa shape index (κ3) is 5.88. The van der Waals surface area contributed by atoms with Crippen LogP contribution in [0, 0.1) is 0 Å². The van der Waals surface area contributed by atoms with Crippen molar-refractivity contribution < 1.29 is 22.4 Å². The second-order valence-electron chi connectivity index (χ2n) is 6.12. The predicted octanol–water partition coefficient (Wildman–Crippen LogP) is 6.80. The van der Waals surface area contributed by atoms with Gasteiger partial charge in [-0.2, -0.15) is 13.2 Å². The van der Waals surface area contributed by atoms with E-state index in [1.165, 1.54) is 24.3 Å². The standard InChI is InChI=1S/C21H13Cl2F3N2O2S/c22-15-6-3-4-13(19(15)23)17-10-8-12(30-17)9-11-18(29)28-20(31)27-16-7-2-1-5-14(16)21(24,25)26/h1-11H,(H2,27,28,29,31). The summed E-state index contributed by atoms with van der Waals surface area (Å²) >= 11 is 17.1. The van der Waals surface area contributed by atoms with Gasteiger partial charge in [-0.3, -0.25) is 10.1 Å². The quantitative estimate of drug-likeness (QED) is 0.315. The van der Waals surface area contributed by atoms with E-state index in [1.54, 1.807) is 30.3 Å². The van der Waals surface area contributed by atoms with Gasteiger partial charge in [0.2, 0.25) is 5.91 Å². The molecule has 0 bridgehead atoms. The smallest absolute Gasteiger partial charge is 0.418 e. The van der Waals surface area contributed by atoms with Gasteiger partial charge in [0.25, 0.3) is 0 Å². The van der Waals surface area contributed by atoms with Gasteiger partial charge in [0, 0.05) is 11.6 Å². The van der Waals surface area contributed by atoms with Crippen molar-refractivity contribution in [2.45, 2.75) is 6.18 Å². The molecule has 0 saturated carbocycles. The number of alkyl halides is 3. The highest BCUT2D eigenvalue weighted by Crippen LogP contribution is 2.35. The highest BCUT2D eigenvalue weighted by molar-refractivity contribution is 7.80. The van der Waals surface area contributed by atoms with E-state index in [0.29, 0.717) is 27.1 Å². The summed E-state index contributed by atoms with van der Waals surface area (Å²) in [6.45, 7) is 0. The number of rotatable bonds is 4. The second kappa shape index (κ2) is 9.55. The lowest BCUT2D eigenvalue weighted by atomic mass is 10.1. The molecule has 3 rings (SSSR count). The first-order valence-corrected chi connectivity index (χ1v) is 9.82. The molecule has 4 nitrogen and oxygen atoms in total. The first-order valence-electron chi connectivity index (χ1n) is 8.65. The Morgan fingerprint density at radius 3 is 2.52 bits per heavy atom. The molecule has 10 heteroatoms. The molecule has 0 fully saturated rings. The van der Waals surface area contributed by atoms with Gasteiger partial charge in [-0.05, 0) is 54.7 Å². The Kier molecular flexibility index (Phi) is 7.04. The first-order chi connectivity index (χ1) is 14.6. The molecule has 0 unspecified atom stereocenters. The third-order valence-corrected chi connectivity index (χ3v) is 4.98. The molecular formula is C21H13Cl2F3N2O2S. The van der Waals surface area contributed by atoms with Crippen LogP contribution in [0.3, 0.4) is 0 Å². The monoisotopic (exact) mass is 484 g/mol. The molecule has 1 heterocycles. The number of carbonyl (C=O) groups excluding carboxylic acids is 1. The Morgan fingerprint density at radius 2 is 1.77 bits per heavy atom. The zero-order valence-electron chi connectivity index (χ0n) is 15.5. The molecule has 0 spiro atoms. The topological polar surface area (TPSA) is 54.3 Å². The SMILES string of the molecule is O=C(C=Cc1ccc(-c2cccc(Cl)c2Cl)o1)NC(=S)Nc1ccccc1C(F)(F)F. The largest absolute Gasteiger partial charge is 0.457 e. The van der Waals surface area contributed by atoms with Gasteiger partial charge in [0.05, 0.1) is 21.3 Å². The fraction of sp³-hybridized carbons (Fsp3) is 0.0476. The lowest BCUT2D eigenvalue weighted by Crippen LogP contribution is -2.33. The summed E-state index contributed by atoms with van der Waals surface area (Å²) in [4.78, 5) is 12.0. The molecule has 0 atom stereocenters. The molecule has 3 aromatic rings. The molecular weight excluding hydrogens is 472 g/mol. The molecule has 0 aliphatic heterocycles. The van der Waals surface area contributed by atoms with Crippen molar-refractivity contribution in [1.29, 1.82) is 0 Å². The molecule has 2 N–H and O–H groups in total. The number of anilines is 1. The fourth-order valence-corrected chi connectivity index (χ4v) is 3.19. The van der Waals surface area contributed by atoms with E-state index in [4.69, 9.17) is 39.8 Å². The number of hydrogen-bond donors (Lipinski definition) is 2. The number of thiocarbonyl (C=S) groups is 1. The number of benzene rings is 2. The van der Waals surface area contributed by atoms with Gasteiger partial charge in [-0.25, -0.2) is 0 Å². The maximum absolute atomic E-state index is 13.0. The summed E-state index contributed by atoms with van der Waals surface area (Å²) in [5, 5.41) is 5.09. The molecule has 31 heavy (non-hydrogen) atoms. The third-order valence-electron chi connectivity index (χ3n) is 3.96. The number of carbonyl (C=O) groups is 1. The van der Waals surface area contributed by atoms with Crippen molar-refractivity contribution in [2.24, 2.45) is 0 Å². The van der Waals surface area contributed by atoms with E-state index >= 15 is 0 Å². The molecule has 2 aromatic carbocycles. The minimum Gasteiger partial charge on any atom is -0.457 e. The van der Waals surface area contributed by atoms with Crippen molar-refractivity contribution >= 4 is 58.2 Å². The second-order valence-corrected chi connectivity index (χ2v) is 7.32. The highest BCUT2D eigenvalue weighted by Gasteiger charge is 2.33. The van der Waals surface area contributed by atoms with Crippen LogP contribution in [0.1, 0.15) is 11.3 Å². The number of halogens is 5. The first kappa shape index (κ1) is 22.9. The number of amides is 1. The van der Waals surface area contributed by atoms with Gasteiger partial charge < -0.3 is 9.73 Å². The van der Waals surface area contributed by atoms with Crippen molar-refractivity contribution in [1.82, 2.24) is 5.32 Å². The van der Waals surface area contributed by atoms with E-state index in [9.17, 15) is 18.0 Å². The zero-order valence-corrected chi connectivity index (χ0v) is 17.8. The minimum absolute atomic E-state index is 0.265. The van der Waals surface area contributed by atoms with E-state index < -0.39 is 17.6 Å². The zero-order chi connectivity index (χ0) is 22.6. The Labute approximate surface area is 190 Å². The summed E-state index contributed by atoms with van der Waals surface area (Å²) in [7, 11) is 0. The van der Waals surface area contributed by atoms with Crippen molar-refractivity contribution in [3.8, 4) is 11.3 Å². The normalized spacial score (nSPS) is 11.5. The number of nitrogens with one attached hydrogen (secondary N) is 2. The summed E-state index contributed by atoms with van der Waals surface area (Å²) in [6, 6.07) is 13.2. The van der Waals surface area contributed by atoms with Crippen LogP contribution in [0.5, 0.6) is 0 Å². The Balaban J connectivity index is 1.64. The van der Waals surface area contributed by atoms with Crippen LogP contribution in [0.15, 0.2) is 65.1 Å². The van der Waals surface area contributed by atoms with E-state index in [-0.39, 0.29) is 10.8 Å². The fourth-order valence-electron chi connectivity index (χ4n) is 2.59. The van der Waals surface area contributed by atoms with Crippen LogP contribution in [0.4, 0.5) is 18.9 Å². The molecule has 0 radical (unpaired) electrons. The van der Waals surface area contributed by atoms with Crippen LogP contribution in [-0.2, 0) is 11.0 Å². The van der Waals surface area contributed by atoms with Crippen LogP contribution in [0.25, 0.3) is 17.4 Å². The van der Waals surface area contributed by atoms with Crippen LogP contribution in [0.2, 0.25) is 10.0 Å². The molecule has 1 aromatic heterocycles. The summed E-state index contributed by atoms with van der Waals surface area (Å²) < 4.78 is 44.7.